The highest BCUT2D eigenvalue weighted by Gasteiger charge is 2.26. The first-order valence-corrected chi connectivity index (χ1v) is 7.85. The molecular weight excluding hydrogens is 277 g/mol. The minimum Gasteiger partial charge on any atom is -0.383 e. The van der Waals surface area contributed by atoms with Crippen molar-refractivity contribution < 1.29 is 13.9 Å². The van der Waals surface area contributed by atoms with Crippen LogP contribution in [0.4, 0.5) is 4.39 Å². The van der Waals surface area contributed by atoms with Gasteiger partial charge in [0.1, 0.15) is 5.82 Å². The highest BCUT2D eigenvalue weighted by molar-refractivity contribution is 8.00. The molecule has 1 aliphatic heterocycles. The van der Waals surface area contributed by atoms with Crippen LogP contribution < -0.4 is 5.32 Å². The number of halogens is 1. The molecule has 1 aromatic rings. The molecule has 1 saturated heterocycles. The minimum absolute atomic E-state index is 0.139. The van der Waals surface area contributed by atoms with Crippen LogP contribution in [-0.2, 0) is 16.0 Å². The van der Waals surface area contributed by atoms with Crippen LogP contribution in [0.2, 0.25) is 0 Å². The molecule has 2 rings (SSSR count). The van der Waals surface area contributed by atoms with E-state index in [1.54, 1.807) is 24.9 Å². The third-order valence-corrected chi connectivity index (χ3v) is 4.90. The summed E-state index contributed by atoms with van der Waals surface area (Å²) >= 11 is 1.59. The molecule has 112 valence electrons. The summed E-state index contributed by atoms with van der Waals surface area (Å²) in [6.07, 6.45) is 1.20. The molecular formula is C15H22FNO2S. The Bertz CT molecular complexity index is 430. The SMILES string of the molecule is COCCNCc1ccc(SC2CCOC2C)c(F)c1. The molecule has 1 aromatic carbocycles. The van der Waals surface area contributed by atoms with Gasteiger partial charge < -0.3 is 14.8 Å². The summed E-state index contributed by atoms with van der Waals surface area (Å²) in [5, 5.41) is 3.57. The molecule has 0 bridgehead atoms. The molecule has 0 aliphatic carbocycles. The molecule has 0 spiro atoms. The second-order valence-electron chi connectivity index (χ2n) is 4.96. The summed E-state index contributed by atoms with van der Waals surface area (Å²) < 4.78 is 24.6. The van der Waals surface area contributed by atoms with Gasteiger partial charge in [-0.25, -0.2) is 4.39 Å². The van der Waals surface area contributed by atoms with Gasteiger partial charge in [-0.1, -0.05) is 6.07 Å². The van der Waals surface area contributed by atoms with E-state index < -0.39 is 0 Å². The van der Waals surface area contributed by atoms with E-state index in [1.165, 1.54) is 0 Å². The van der Waals surface area contributed by atoms with Crippen LogP contribution in [0.1, 0.15) is 18.9 Å². The third kappa shape index (κ3) is 4.45. The van der Waals surface area contributed by atoms with Gasteiger partial charge in [-0.15, -0.1) is 11.8 Å². The average Bonchev–Trinajstić information content (AvgIpc) is 2.83. The van der Waals surface area contributed by atoms with Crippen LogP contribution in [0.5, 0.6) is 0 Å². The Morgan fingerprint density at radius 3 is 3.00 bits per heavy atom. The Morgan fingerprint density at radius 2 is 2.35 bits per heavy atom. The van der Waals surface area contributed by atoms with Crippen molar-refractivity contribution in [2.24, 2.45) is 0 Å². The van der Waals surface area contributed by atoms with Crippen molar-refractivity contribution in [1.82, 2.24) is 5.32 Å². The van der Waals surface area contributed by atoms with Gasteiger partial charge in [0.2, 0.25) is 0 Å². The highest BCUT2D eigenvalue weighted by atomic mass is 32.2. The molecule has 1 fully saturated rings. The second-order valence-corrected chi connectivity index (χ2v) is 6.24. The second kappa shape index (κ2) is 7.98. The molecule has 1 aliphatic rings. The number of rotatable bonds is 7. The molecule has 2 unspecified atom stereocenters. The van der Waals surface area contributed by atoms with Gasteiger partial charge in [0.25, 0.3) is 0 Å². The van der Waals surface area contributed by atoms with Gasteiger partial charge in [0, 0.05) is 37.0 Å². The lowest BCUT2D eigenvalue weighted by molar-refractivity contribution is 0.127. The Balaban J connectivity index is 1.88. The molecule has 2 atom stereocenters. The summed E-state index contributed by atoms with van der Waals surface area (Å²) in [5.41, 5.74) is 0.957. The summed E-state index contributed by atoms with van der Waals surface area (Å²) in [6.45, 7) is 4.92. The van der Waals surface area contributed by atoms with Crippen molar-refractivity contribution >= 4 is 11.8 Å². The first-order valence-electron chi connectivity index (χ1n) is 6.97. The van der Waals surface area contributed by atoms with Crippen LogP contribution in [-0.4, -0.2) is 38.2 Å². The van der Waals surface area contributed by atoms with Crippen molar-refractivity contribution in [1.29, 1.82) is 0 Å². The van der Waals surface area contributed by atoms with E-state index in [9.17, 15) is 4.39 Å². The fraction of sp³-hybridized carbons (Fsp3) is 0.600. The monoisotopic (exact) mass is 299 g/mol. The van der Waals surface area contributed by atoms with Gasteiger partial charge in [-0.2, -0.15) is 0 Å². The molecule has 3 nitrogen and oxygen atoms in total. The van der Waals surface area contributed by atoms with Crippen molar-refractivity contribution in [2.45, 2.75) is 36.1 Å². The Kier molecular flexibility index (Phi) is 6.29. The number of hydrogen-bond acceptors (Lipinski definition) is 4. The first-order chi connectivity index (χ1) is 9.70. The topological polar surface area (TPSA) is 30.5 Å². The van der Waals surface area contributed by atoms with Crippen LogP contribution >= 0.6 is 11.8 Å². The number of methoxy groups -OCH3 is 1. The lowest BCUT2D eigenvalue weighted by atomic mass is 10.2. The Labute approximate surface area is 124 Å². The van der Waals surface area contributed by atoms with Gasteiger partial charge in [-0.05, 0) is 31.0 Å². The zero-order valence-electron chi connectivity index (χ0n) is 12.0. The van der Waals surface area contributed by atoms with Crippen molar-refractivity contribution in [2.75, 3.05) is 26.9 Å². The molecule has 0 aromatic heterocycles. The normalized spacial score (nSPS) is 22.4. The average molecular weight is 299 g/mol. The van der Waals surface area contributed by atoms with Crippen molar-refractivity contribution in [3.63, 3.8) is 0 Å². The number of thioether (sulfide) groups is 1. The maximum absolute atomic E-state index is 14.1. The lowest BCUT2D eigenvalue weighted by Gasteiger charge is -2.14. The number of ether oxygens (including phenoxy) is 2. The zero-order chi connectivity index (χ0) is 14.4. The first kappa shape index (κ1) is 15.8. The maximum atomic E-state index is 14.1. The van der Waals surface area contributed by atoms with Crippen LogP contribution in [0.15, 0.2) is 23.1 Å². The van der Waals surface area contributed by atoms with E-state index in [4.69, 9.17) is 9.47 Å². The largest absolute Gasteiger partial charge is 0.383 e. The van der Waals surface area contributed by atoms with Gasteiger partial charge in [-0.3, -0.25) is 0 Å². The van der Waals surface area contributed by atoms with E-state index in [1.807, 2.05) is 12.1 Å². The highest BCUT2D eigenvalue weighted by Crippen LogP contribution is 2.34. The molecule has 0 amide bonds. The van der Waals surface area contributed by atoms with E-state index in [2.05, 4.69) is 12.2 Å². The predicted octanol–water partition coefficient (Wildman–Crippen LogP) is 2.83. The molecule has 0 saturated carbocycles. The van der Waals surface area contributed by atoms with Crippen molar-refractivity contribution in [3.8, 4) is 0 Å². The molecule has 5 heteroatoms. The van der Waals surface area contributed by atoms with E-state index in [0.29, 0.717) is 23.3 Å². The summed E-state index contributed by atoms with van der Waals surface area (Å²) in [4.78, 5) is 0.716. The number of nitrogens with one attached hydrogen (secondary N) is 1. The van der Waals surface area contributed by atoms with Crippen LogP contribution in [0, 0.1) is 5.82 Å². The Hall–Kier alpha value is -0.620. The summed E-state index contributed by atoms with van der Waals surface area (Å²) in [5.74, 6) is -0.139. The van der Waals surface area contributed by atoms with Crippen LogP contribution in [0.25, 0.3) is 0 Å². The fourth-order valence-electron chi connectivity index (χ4n) is 2.19. The quantitative estimate of drug-likeness (QED) is 0.784. The lowest BCUT2D eigenvalue weighted by Crippen LogP contribution is -2.18. The molecule has 1 N–H and O–H groups in total. The summed E-state index contributed by atoms with van der Waals surface area (Å²) in [6, 6.07) is 5.46. The summed E-state index contributed by atoms with van der Waals surface area (Å²) in [7, 11) is 1.67. The van der Waals surface area contributed by atoms with Crippen molar-refractivity contribution in [3.05, 3.63) is 29.6 Å². The zero-order valence-corrected chi connectivity index (χ0v) is 12.8. The molecule has 1 heterocycles. The number of hydrogen-bond donors (Lipinski definition) is 1. The Morgan fingerprint density at radius 1 is 1.50 bits per heavy atom. The van der Waals surface area contributed by atoms with E-state index >= 15 is 0 Å². The van der Waals surface area contributed by atoms with Crippen LogP contribution in [0.3, 0.4) is 0 Å². The predicted molar refractivity (Wildman–Crippen MR) is 79.7 cm³/mol. The molecule has 20 heavy (non-hydrogen) atoms. The van der Waals surface area contributed by atoms with Gasteiger partial charge in [0.15, 0.2) is 0 Å². The fourth-order valence-corrected chi connectivity index (χ4v) is 3.32. The molecule has 0 radical (unpaired) electrons. The number of benzene rings is 1. The van der Waals surface area contributed by atoms with Gasteiger partial charge >= 0.3 is 0 Å². The smallest absolute Gasteiger partial charge is 0.137 e. The van der Waals surface area contributed by atoms with Gasteiger partial charge in [0.05, 0.1) is 12.7 Å². The van der Waals surface area contributed by atoms with E-state index in [-0.39, 0.29) is 11.9 Å². The minimum atomic E-state index is -0.139. The maximum Gasteiger partial charge on any atom is 0.137 e. The third-order valence-electron chi connectivity index (χ3n) is 3.39. The van der Waals surface area contributed by atoms with E-state index in [0.717, 1.165) is 25.1 Å². The standard InChI is InChI=1S/C15H22FNO2S/c1-11-14(5-7-19-11)20-15-4-3-12(9-13(15)16)10-17-6-8-18-2/h3-4,9,11,14,17H,5-8,10H2,1-2H3.